The number of nitrogens with two attached hydrogens (primary N) is 4. The topological polar surface area (TPSA) is 313 Å². The first-order valence-corrected chi connectivity index (χ1v) is 14.1. The van der Waals surface area contributed by atoms with Crippen molar-refractivity contribution >= 4 is 5.91 Å². The van der Waals surface area contributed by atoms with Gasteiger partial charge in [0.25, 0.3) is 0 Å². The third-order valence-electron chi connectivity index (χ3n) is 8.41. The van der Waals surface area contributed by atoms with E-state index in [0.717, 1.165) is 0 Å². The molecule has 4 fully saturated rings. The van der Waals surface area contributed by atoms with E-state index in [1.54, 1.807) is 7.05 Å². The van der Waals surface area contributed by atoms with Gasteiger partial charge in [0.1, 0.15) is 42.7 Å². The Morgan fingerprint density at radius 3 is 2.24 bits per heavy atom. The summed E-state index contributed by atoms with van der Waals surface area (Å²) in [5.41, 5.74) is 23.8. The van der Waals surface area contributed by atoms with Crippen LogP contribution in [0, 0.1) is 0 Å². The quantitative estimate of drug-likeness (QED) is 0.115. The van der Waals surface area contributed by atoms with Crippen LogP contribution >= 0.6 is 0 Å². The maximum atomic E-state index is 12.1. The zero-order chi connectivity index (χ0) is 30.9. The second kappa shape index (κ2) is 14.3. The molecule has 1 aliphatic carbocycles. The molecule has 0 aromatic carbocycles. The van der Waals surface area contributed by atoms with Crippen molar-refractivity contribution in [2.75, 3.05) is 20.3 Å². The predicted molar refractivity (Wildman–Crippen MR) is 141 cm³/mol. The summed E-state index contributed by atoms with van der Waals surface area (Å²) in [5.74, 6) is -0.674. The second-order valence-electron chi connectivity index (χ2n) is 11.4. The molecule has 18 nitrogen and oxygen atoms in total. The lowest BCUT2D eigenvalue weighted by Crippen LogP contribution is -2.69. The zero-order valence-electron chi connectivity index (χ0n) is 23.3. The van der Waals surface area contributed by atoms with Gasteiger partial charge in [0, 0.05) is 18.5 Å². The molecule has 4 aliphatic rings. The molecule has 9 unspecified atom stereocenters. The third-order valence-corrected chi connectivity index (χ3v) is 8.41. The number of hydrogen-bond donors (Lipinski definition) is 12. The molecule has 0 aromatic rings. The maximum absolute atomic E-state index is 12.1. The van der Waals surface area contributed by atoms with E-state index < -0.39 is 123 Å². The summed E-state index contributed by atoms with van der Waals surface area (Å²) < 4.78 is 29.7. The lowest BCUT2D eigenvalue weighted by molar-refractivity contribution is -0.367. The average Bonchev–Trinajstić information content (AvgIpc) is 2.95. The van der Waals surface area contributed by atoms with E-state index in [9.17, 15) is 30.3 Å². The Morgan fingerprint density at radius 1 is 0.881 bits per heavy atom. The Labute approximate surface area is 242 Å². The summed E-state index contributed by atoms with van der Waals surface area (Å²) in [4.78, 5) is 12.1. The molecule has 1 saturated carbocycles. The van der Waals surface area contributed by atoms with Gasteiger partial charge in [0.2, 0.25) is 5.91 Å². The zero-order valence-corrected chi connectivity index (χ0v) is 23.3. The standard InChI is InChI=1S/C24H46N6O12/c1-29-15-17(35)20-13(3-9(27)22(41-20)40-19-8(26)2-7(25)16(34)18(19)36)38-24(15)42-23-12(33)4-11(14(6-32)39-23)30-21(37)10(28)5-31/h7-20,22-24,29,31-36H,2-6,25-28H2,1H3,(H,30,37)/t7-,8?,9?,10+,11+,12-,13+,14?,15?,16?,17?,18?,19-,20?,22+,23-,24?/m1/s1. The lowest BCUT2D eigenvalue weighted by atomic mass is 9.84. The van der Waals surface area contributed by atoms with Gasteiger partial charge < -0.3 is 87.9 Å². The SMILES string of the molecule is CNC1C(O[C@H]2OC(CO)[C@@H](NC(=O)[C@@H](N)CO)C[C@H]2O)O[C@H]2CC(N)[C@@H](O[C@@H]3C(N)C[C@@H](N)C(O)C3O)OC2C1O. The minimum Gasteiger partial charge on any atom is -0.394 e. The lowest BCUT2D eigenvalue weighted by Gasteiger charge is -2.51. The molecule has 0 aromatic heterocycles. The van der Waals surface area contributed by atoms with Crippen molar-refractivity contribution < 1.29 is 59.1 Å². The molecular formula is C24H46N6O12. The summed E-state index contributed by atoms with van der Waals surface area (Å²) >= 11 is 0. The Balaban J connectivity index is 1.39. The Kier molecular flexibility index (Phi) is 11.5. The smallest absolute Gasteiger partial charge is 0.239 e. The van der Waals surface area contributed by atoms with Gasteiger partial charge in [0.15, 0.2) is 18.9 Å². The average molecular weight is 611 g/mol. The largest absolute Gasteiger partial charge is 0.394 e. The van der Waals surface area contributed by atoms with Gasteiger partial charge in [-0.05, 0) is 19.9 Å². The van der Waals surface area contributed by atoms with E-state index in [0.29, 0.717) is 0 Å². The van der Waals surface area contributed by atoms with E-state index >= 15 is 0 Å². The van der Waals surface area contributed by atoms with Crippen molar-refractivity contribution in [1.29, 1.82) is 0 Å². The molecule has 18 heteroatoms. The van der Waals surface area contributed by atoms with Crippen LogP contribution in [0.2, 0.25) is 0 Å². The van der Waals surface area contributed by atoms with E-state index in [1.165, 1.54) is 0 Å². The van der Waals surface area contributed by atoms with Gasteiger partial charge in [-0.2, -0.15) is 0 Å². The van der Waals surface area contributed by atoms with Crippen LogP contribution in [0.25, 0.3) is 0 Å². The number of ether oxygens (including phenoxy) is 5. The van der Waals surface area contributed by atoms with Crippen LogP contribution in [-0.2, 0) is 28.5 Å². The molecule has 3 heterocycles. The molecule has 3 saturated heterocycles. The number of likely N-dealkylation sites (N-methyl/N-ethyl adjacent to an activating group) is 1. The summed E-state index contributed by atoms with van der Waals surface area (Å²) in [6.07, 6.45) is -12.0. The molecule has 0 radical (unpaired) electrons. The summed E-state index contributed by atoms with van der Waals surface area (Å²) in [7, 11) is 1.56. The molecule has 0 spiro atoms. The number of aliphatic hydroxyl groups is 6. The number of carbonyl (C=O) groups is 1. The molecule has 16 N–H and O–H groups in total. The van der Waals surface area contributed by atoms with Crippen molar-refractivity contribution in [3.05, 3.63) is 0 Å². The number of fused-ring (bicyclic) bond motifs is 1. The Bertz CT molecular complexity index is 895. The Hall–Kier alpha value is -1.17. The molecule has 1 amide bonds. The highest BCUT2D eigenvalue weighted by Gasteiger charge is 2.53. The fourth-order valence-corrected chi connectivity index (χ4v) is 5.92. The van der Waals surface area contributed by atoms with E-state index in [-0.39, 0.29) is 19.3 Å². The van der Waals surface area contributed by atoms with E-state index in [1.807, 2.05) is 0 Å². The molecule has 244 valence electrons. The van der Waals surface area contributed by atoms with Crippen molar-refractivity contribution in [3.63, 3.8) is 0 Å². The molecule has 17 atom stereocenters. The predicted octanol–water partition coefficient (Wildman–Crippen LogP) is -7.44. The fraction of sp³-hybridized carbons (Fsp3) is 0.958. The van der Waals surface area contributed by atoms with Gasteiger partial charge in [0.05, 0.1) is 43.5 Å². The Morgan fingerprint density at radius 2 is 1.60 bits per heavy atom. The van der Waals surface area contributed by atoms with Gasteiger partial charge in [-0.1, -0.05) is 0 Å². The summed E-state index contributed by atoms with van der Waals surface area (Å²) in [6.45, 7) is -1.10. The minimum absolute atomic E-state index is 0.0624. The van der Waals surface area contributed by atoms with Crippen LogP contribution < -0.4 is 33.6 Å². The second-order valence-corrected chi connectivity index (χ2v) is 11.4. The van der Waals surface area contributed by atoms with Crippen LogP contribution in [0.3, 0.4) is 0 Å². The number of hydrogen-bond acceptors (Lipinski definition) is 17. The summed E-state index contributed by atoms with van der Waals surface area (Å²) in [5, 5.41) is 67.1. The number of carbonyl (C=O) groups excluding carboxylic acids is 1. The highest BCUT2D eigenvalue weighted by Crippen LogP contribution is 2.35. The fourth-order valence-electron chi connectivity index (χ4n) is 5.92. The first-order chi connectivity index (χ1) is 19.9. The third kappa shape index (κ3) is 7.04. The van der Waals surface area contributed by atoms with Gasteiger partial charge in [-0.3, -0.25) is 4.79 Å². The maximum Gasteiger partial charge on any atom is 0.239 e. The van der Waals surface area contributed by atoms with Crippen molar-refractivity contribution in [3.8, 4) is 0 Å². The van der Waals surface area contributed by atoms with E-state index in [4.69, 9.17) is 51.7 Å². The highest BCUT2D eigenvalue weighted by molar-refractivity contribution is 5.81. The minimum atomic E-state index is -1.36. The molecule has 3 aliphatic heterocycles. The number of nitrogens with one attached hydrogen (secondary N) is 2. The number of amides is 1. The van der Waals surface area contributed by atoms with Crippen LogP contribution in [0.4, 0.5) is 0 Å². The number of aliphatic hydroxyl groups excluding tert-OH is 6. The normalized spacial score (nSPS) is 48.7. The van der Waals surface area contributed by atoms with Crippen molar-refractivity contribution in [1.82, 2.24) is 10.6 Å². The van der Waals surface area contributed by atoms with Crippen LogP contribution in [-0.4, -0.2) is 161 Å². The van der Waals surface area contributed by atoms with Crippen molar-refractivity contribution in [2.45, 2.75) is 123 Å². The van der Waals surface area contributed by atoms with Gasteiger partial charge in [-0.15, -0.1) is 0 Å². The first kappa shape index (κ1) is 33.7. The molecule has 42 heavy (non-hydrogen) atoms. The van der Waals surface area contributed by atoms with Crippen LogP contribution in [0.5, 0.6) is 0 Å². The molecular weight excluding hydrogens is 564 g/mol. The van der Waals surface area contributed by atoms with Crippen LogP contribution in [0.15, 0.2) is 0 Å². The first-order valence-electron chi connectivity index (χ1n) is 14.1. The van der Waals surface area contributed by atoms with Gasteiger partial charge in [-0.25, -0.2) is 0 Å². The molecule has 0 bridgehead atoms. The highest BCUT2D eigenvalue weighted by atomic mass is 16.8. The number of rotatable bonds is 9. The summed E-state index contributed by atoms with van der Waals surface area (Å²) in [6, 6.07) is -5.05. The van der Waals surface area contributed by atoms with Crippen molar-refractivity contribution in [2.24, 2.45) is 22.9 Å². The van der Waals surface area contributed by atoms with E-state index in [2.05, 4.69) is 10.6 Å². The molecule has 4 rings (SSSR count). The van der Waals surface area contributed by atoms with Crippen LogP contribution in [0.1, 0.15) is 19.3 Å². The monoisotopic (exact) mass is 610 g/mol. The van der Waals surface area contributed by atoms with Gasteiger partial charge >= 0.3 is 0 Å².